The Balaban J connectivity index is 1.63. The van der Waals surface area contributed by atoms with Crippen molar-refractivity contribution < 1.29 is 23.0 Å². The van der Waals surface area contributed by atoms with Gasteiger partial charge in [0.1, 0.15) is 11.5 Å². The van der Waals surface area contributed by atoms with E-state index >= 15 is 4.39 Å². The fraction of sp³-hybridized carbons (Fsp3) is 0.0909. The number of carbonyl (C=O) groups excluding carboxylic acids is 1. The number of aromatic amines is 1. The van der Waals surface area contributed by atoms with Crippen LogP contribution in [0.4, 0.5) is 14.5 Å². The molecule has 0 saturated heterocycles. The van der Waals surface area contributed by atoms with Crippen LogP contribution in [-0.2, 0) is 0 Å². The predicted molar refractivity (Wildman–Crippen MR) is 115 cm³/mol. The fourth-order valence-electron chi connectivity index (χ4n) is 3.11. The Bertz CT molecular complexity index is 1280. The number of halogens is 2. The summed E-state index contributed by atoms with van der Waals surface area (Å²) in [5.74, 6) is -1.62. The SMILES string of the molecule is COc1ccc(SNc2ccc(F)c(C(=O)c3c[nH]c4ncccc34)c2F)cc1OC. The number of anilines is 1. The zero-order chi connectivity index (χ0) is 22.0. The number of methoxy groups -OCH3 is 2. The van der Waals surface area contributed by atoms with Crippen molar-refractivity contribution in [3.8, 4) is 11.5 Å². The number of pyridine rings is 1. The number of aromatic nitrogens is 2. The normalized spacial score (nSPS) is 10.8. The third-order valence-electron chi connectivity index (χ3n) is 4.65. The Morgan fingerprint density at radius 2 is 1.90 bits per heavy atom. The van der Waals surface area contributed by atoms with E-state index in [0.29, 0.717) is 27.4 Å². The van der Waals surface area contributed by atoms with E-state index in [0.717, 1.165) is 18.0 Å². The number of nitrogens with one attached hydrogen (secondary N) is 2. The number of benzene rings is 2. The second-order valence-electron chi connectivity index (χ2n) is 6.44. The Morgan fingerprint density at radius 1 is 1.10 bits per heavy atom. The average molecular weight is 441 g/mol. The van der Waals surface area contributed by atoms with Gasteiger partial charge >= 0.3 is 0 Å². The summed E-state index contributed by atoms with van der Waals surface area (Å²) in [6.07, 6.45) is 2.96. The lowest BCUT2D eigenvalue weighted by molar-refractivity contribution is 0.103. The van der Waals surface area contributed by atoms with Crippen molar-refractivity contribution >= 4 is 34.5 Å². The third-order valence-corrected chi connectivity index (χ3v) is 5.46. The molecular formula is C22H17F2N3O3S. The molecule has 0 aliphatic rings. The molecule has 0 fully saturated rings. The van der Waals surface area contributed by atoms with Crippen LogP contribution in [-0.4, -0.2) is 30.0 Å². The molecule has 2 aromatic carbocycles. The van der Waals surface area contributed by atoms with Gasteiger partial charge in [-0.3, -0.25) is 4.79 Å². The zero-order valence-electron chi connectivity index (χ0n) is 16.5. The number of rotatable bonds is 7. The Morgan fingerprint density at radius 3 is 2.68 bits per heavy atom. The second kappa shape index (κ2) is 8.65. The molecule has 0 radical (unpaired) electrons. The highest BCUT2D eigenvalue weighted by Crippen LogP contribution is 2.34. The van der Waals surface area contributed by atoms with Gasteiger partial charge in [-0.05, 0) is 54.4 Å². The first-order valence-corrected chi connectivity index (χ1v) is 9.94. The fourth-order valence-corrected chi connectivity index (χ4v) is 3.80. The van der Waals surface area contributed by atoms with Gasteiger partial charge in [-0.1, -0.05) is 0 Å². The number of ether oxygens (including phenoxy) is 2. The van der Waals surface area contributed by atoms with Crippen molar-refractivity contribution in [1.82, 2.24) is 9.97 Å². The number of carbonyl (C=O) groups is 1. The molecule has 9 heteroatoms. The number of H-pyrrole nitrogens is 1. The van der Waals surface area contributed by atoms with E-state index in [1.165, 1.54) is 26.5 Å². The molecule has 2 N–H and O–H groups in total. The predicted octanol–water partition coefficient (Wildman–Crippen LogP) is 5.21. The maximum atomic E-state index is 15.1. The zero-order valence-corrected chi connectivity index (χ0v) is 17.3. The standard InChI is InChI=1S/C22H17F2N3O3S/c1-29-17-8-5-12(10-18(17)30-2)31-27-16-7-6-15(23)19(20(16)24)21(28)14-11-26-22-13(14)4-3-9-25-22/h3-11,27H,1-2H3,(H,25,26). The van der Waals surface area contributed by atoms with E-state index in [2.05, 4.69) is 14.7 Å². The molecule has 2 heterocycles. The number of fused-ring (bicyclic) bond motifs is 1. The van der Waals surface area contributed by atoms with Crippen LogP contribution in [0.1, 0.15) is 15.9 Å². The molecule has 0 unspecified atom stereocenters. The lowest BCUT2D eigenvalue weighted by Gasteiger charge is -2.12. The summed E-state index contributed by atoms with van der Waals surface area (Å²) in [6.45, 7) is 0. The van der Waals surface area contributed by atoms with Crippen LogP contribution in [0.25, 0.3) is 11.0 Å². The van der Waals surface area contributed by atoms with Gasteiger partial charge in [-0.25, -0.2) is 13.8 Å². The molecule has 0 amide bonds. The Labute approximate surface area is 180 Å². The summed E-state index contributed by atoms with van der Waals surface area (Å²) in [4.78, 5) is 20.6. The molecule has 0 spiro atoms. The van der Waals surface area contributed by atoms with Gasteiger partial charge in [0.25, 0.3) is 0 Å². The summed E-state index contributed by atoms with van der Waals surface area (Å²) in [6, 6.07) is 10.8. The molecule has 158 valence electrons. The molecule has 0 aliphatic carbocycles. The first-order valence-electron chi connectivity index (χ1n) is 9.13. The van der Waals surface area contributed by atoms with E-state index in [9.17, 15) is 9.18 Å². The van der Waals surface area contributed by atoms with E-state index in [4.69, 9.17) is 9.47 Å². The summed E-state index contributed by atoms with van der Waals surface area (Å²) in [7, 11) is 3.04. The average Bonchev–Trinajstić information content (AvgIpc) is 3.22. The molecule has 2 aromatic heterocycles. The van der Waals surface area contributed by atoms with Crippen LogP contribution < -0.4 is 14.2 Å². The Hall–Kier alpha value is -3.59. The van der Waals surface area contributed by atoms with E-state index in [1.807, 2.05) is 0 Å². The quantitative estimate of drug-likeness (QED) is 0.303. The molecule has 4 rings (SSSR count). The Kier molecular flexibility index (Phi) is 5.77. The van der Waals surface area contributed by atoms with Crippen molar-refractivity contribution in [2.24, 2.45) is 0 Å². The van der Waals surface area contributed by atoms with Crippen LogP contribution in [0.5, 0.6) is 11.5 Å². The van der Waals surface area contributed by atoms with Crippen molar-refractivity contribution in [1.29, 1.82) is 0 Å². The van der Waals surface area contributed by atoms with Crippen LogP contribution in [0.15, 0.2) is 59.8 Å². The van der Waals surface area contributed by atoms with Crippen LogP contribution in [0.2, 0.25) is 0 Å². The molecule has 6 nitrogen and oxygen atoms in total. The molecule has 4 aromatic rings. The minimum atomic E-state index is -0.976. The highest BCUT2D eigenvalue weighted by atomic mass is 32.2. The van der Waals surface area contributed by atoms with Gasteiger partial charge in [0, 0.05) is 28.2 Å². The number of hydrogen-bond acceptors (Lipinski definition) is 6. The summed E-state index contributed by atoms with van der Waals surface area (Å²) < 4.78 is 42.9. The molecule has 31 heavy (non-hydrogen) atoms. The van der Waals surface area contributed by atoms with Crippen LogP contribution >= 0.6 is 11.9 Å². The third kappa shape index (κ3) is 3.91. The minimum absolute atomic E-state index is 0.0255. The van der Waals surface area contributed by atoms with Crippen molar-refractivity contribution in [2.75, 3.05) is 18.9 Å². The molecular weight excluding hydrogens is 424 g/mol. The van der Waals surface area contributed by atoms with Gasteiger partial charge < -0.3 is 19.2 Å². The van der Waals surface area contributed by atoms with Gasteiger partial charge in [0.2, 0.25) is 5.78 Å². The molecule has 0 atom stereocenters. The molecule has 0 bridgehead atoms. The largest absolute Gasteiger partial charge is 0.493 e. The van der Waals surface area contributed by atoms with Gasteiger partial charge in [-0.15, -0.1) is 0 Å². The highest BCUT2D eigenvalue weighted by molar-refractivity contribution is 8.00. The lowest BCUT2D eigenvalue weighted by Crippen LogP contribution is -2.09. The summed E-state index contributed by atoms with van der Waals surface area (Å²) in [5.41, 5.74) is -0.0549. The number of ketones is 1. The highest BCUT2D eigenvalue weighted by Gasteiger charge is 2.24. The van der Waals surface area contributed by atoms with Crippen LogP contribution in [0.3, 0.4) is 0 Å². The number of nitrogens with zero attached hydrogens (tertiary/aromatic N) is 1. The maximum absolute atomic E-state index is 15.1. The van der Waals surface area contributed by atoms with E-state index in [1.54, 1.807) is 36.5 Å². The molecule has 0 aliphatic heterocycles. The van der Waals surface area contributed by atoms with E-state index < -0.39 is 23.0 Å². The topological polar surface area (TPSA) is 76.2 Å². The minimum Gasteiger partial charge on any atom is -0.493 e. The van der Waals surface area contributed by atoms with Crippen molar-refractivity contribution in [2.45, 2.75) is 4.90 Å². The van der Waals surface area contributed by atoms with Gasteiger partial charge in [0.15, 0.2) is 17.3 Å². The van der Waals surface area contributed by atoms with E-state index in [-0.39, 0.29) is 11.3 Å². The monoisotopic (exact) mass is 441 g/mol. The van der Waals surface area contributed by atoms with Crippen LogP contribution in [0, 0.1) is 11.6 Å². The smallest absolute Gasteiger partial charge is 0.201 e. The van der Waals surface area contributed by atoms with Gasteiger partial charge in [0.05, 0.1) is 25.5 Å². The number of hydrogen-bond donors (Lipinski definition) is 2. The second-order valence-corrected chi connectivity index (χ2v) is 7.32. The van der Waals surface area contributed by atoms with Gasteiger partial charge in [-0.2, -0.15) is 0 Å². The van der Waals surface area contributed by atoms with Crippen molar-refractivity contribution in [3.05, 3.63) is 77.6 Å². The maximum Gasteiger partial charge on any atom is 0.201 e. The van der Waals surface area contributed by atoms with Crippen molar-refractivity contribution in [3.63, 3.8) is 0 Å². The summed E-state index contributed by atoms with van der Waals surface area (Å²) >= 11 is 1.09. The lowest BCUT2D eigenvalue weighted by atomic mass is 10.0. The first kappa shape index (κ1) is 20.7. The summed E-state index contributed by atoms with van der Waals surface area (Å²) in [5, 5.41) is 0.490. The first-order chi connectivity index (χ1) is 15.0. The molecule has 0 saturated carbocycles.